The van der Waals surface area contributed by atoms with E-state index in [1.54, 1.807) is 0 Å². The van der Waals surface area contributed by atoms with Gasteiger partial charge >= 0.3 is 0 Å². The lowest BCUT2D eigenvalue weighted by Gasteiger charge is -2.09. The van der Waals surface area contributed by atoms with Gasteiger partial charge in [0, 0.05) is 38.8 Å². The maximum Gasteiger partial charge on any atom is 0.229 e. The SMILES string of the molecule is Cc1ccc(-c2c3nc(c(-c4ccc(C)cc4)c4ccc([nH]4)c(-c4ccc(C)cc4)c4nc(c(NC(=O)Cc5cc(O)ccc5O)c5ccc2[nH]5)C=C4)C=C3)cc1. The summed E-state index contributed by atoms with van der Waals surface area (Å²) < 4.78 is 0. The van der Waals surface area contributed by atoms with Crippen LogP contribution in [0.15, 0.2) is 115 Å². The van der Waals surface area contributed by atoms with E-state index in [1.165, 1.54) is 23.8 Å². The van der Waals surface area contributed by atoms with Crippen molar-refractivity contribution in [3.8, 4) is 44.9 Å². The van der Waals surface area contributed by atoms with Gasteiger partial charge in [-0.3, -0.25) is 4.79 Å². The molecule has 0 aliphatic carbocycles. The summed E-state index contributed by atoms with van der Waals surface area (Å²) in [4.78, 5) is 31.7. The Labute approximate surface area is 329 Å². The molecule has 5 heterocycles. The van der Waals surface area contributed by atoms with E-state index < -0.39 is 0 Å². The van der Waals surface area contributed by atoms with E-state index in [-0.39, 0.29) is 23.8 Å². The second-order valence-electron chi connectivity index (χ2n) is 14.6. The number of carbonyl (C=O) groups excluding carboxylic acids is 1. The predicted molar refractivity (Wildman–Crippen MR) is 231 cm³/mol. The van der Waals surface area contributed by atoms with Crippen LogP contribution in [-0.2, 0) is 11.2 Å². The van der Waals surface area contributed by atoms with Crippen LogP contribution in [0.4, 0.5) is 5.69 Å². The molecule has 0 spiro atoms. The summed E-state index contributed by atoms with van der Waals surface area (Å²) in [6.07, 6.45) is 7.85. The zero-order valence-corrected chi connectivity index (χ0v) is 31.7. The number of aromatic amines is 2. The molecule has 0 fully saturated rings. The van der Waals surface area contributed by atoms with Crippen molar-refractivity contribution in [2.24, 2.45) is 0 Å². The summed E-state index contributed by atoms with van der Waals surface area (Å²) in [6.45, 7) is 6.22. The van der Waals surface area contributed by atoms with Gasteiger partial charge < -0.3 is 25.5 Å². The molecule has 8 nitrogen and oxygen atoms in total. The van der Waals surface area contributed by atoms with Crippen LogP contribution in [0.1, 0.15) is 45.0 Å². The van der Waals surface area contributed by atoms with Crippen LogP contribution in [0.2, 0.25) is 0 Å². The highest BCUT2D eigenvalue weighted by Crippen LogP contribution is 2.38. The lowest BCUT2D eigenvalue weighted by atomic mass is 10.0. The smallest absolute Gasteiger partial charge is 0.229 e. The molecule has 5 N–H and O–H groups in total. The van der Waals surface area contributed by atoms with Crippen molar-refractivity contribution in [1.82, 2.24) is 19.9 Å². The van der Waals surface area contributed by atoms with Crippen molar-refractivity contribution in [2.45, 2.75) is 27.2 Å². The number of amides is 1. The number of rotatable bonds is 6. The number of anilines is 1. The van der Waals surface area contributed by atoms with E-state index in [1.807, 2.05) is 24.3 Å². The summed E-state index contributed by atoms with van der Waals surface area (Å²) in [5.74, 6) is -0.504. The number of hydrogen-bond acceptors (Lipinski definition) is 5. The molecular formula is C49H39N5O3. The monoisotopic (exact) mass is 745 g/mol. The van der Waals surface area contributed by atoms with Gasteiger partial charge in [0.05, 0.1) is 40.4 Å². The molecule has 9 rings (SSSR count). The van der Waals surface area contributed by atoms with E-state index in [4.69, 9.17) is 9.97 Å². The third-order valence-corrected chi connectivity index (χ3v) is 10.5. The van der Waals surface area contributed by atoms with E-state index in [9.17, 15) is 15.0 Å². The van der Waals surface area contributed by atoms with Crippen LogP contribution in [0.3, 0.4) is 0 Å². The largest absolute Gasteiger partial charge is 0.508 e. The third-order valence-electron chi connectivity index (χ3n) is 10.5. The van der Waals surface area contributed by atoms with Crippen molar-refractivity contribution in [1.29, 1.82) is 0 Å². The second kappa shape index (κ2) is 14.3. The normalized spacial score (nSPS) is 11.9. The lowest BCUT2D eigenvalue weighted by molar-refractivity contribution is -0.115. The molecule has 2 aliphatic heterocycles. The number of carbonyl (C=O) groups is 1. The van der Waals surface area contributed by atoms with Crippen molar-refractivity contribution in [2.75, 3.05) is 5.32 Å². The van der Waals surface area contributed by atoms with Crippen LogP contribution in [0, 0.1) is 20.8 Å². The first-order chi connectivity index (χ1) is 27.7. The Balaban J connectivity index is 1.37. The molecular weight excluding hydrogens is 707 g/mol. The summed E-state index contributed by atoms with van der Waals surface area (Å²) in [6, 6.07) is 37.6. The van der Waals surface area contributed by atoms with Crippen molar-refractivity contribution in [3.63, 3.8) is 0 Å². The van der Waals surface area contributed by atoms with Gasteiger partial charge in [-0.15, -0.1) is 0 Å². The quantitative estimate of drug-likeness (QED) is 0.108. The Kier molecular flexibility index (Phi) is 8.86. The Hall–Kier alpha value is -7.45. The van der Waals surface area contributed by atoms with Crippen molar-refractivity contribution < 1.29 is 15.0 Å². The average molecular weight is 746 g/mol. The Morgan fingerprint density at radius 1 is 0.526 bits per heavy atom. The van der Waals surface area contributed by atoms with Crippen LogP contribution < -0.4 is 5.32 Å². The van der Waals surface area contributed by atoms with E-state index in [0.717, 1.165) is 78.1 Å². The third kappa shape index (κ3) is 6.89. The summed E-state index contributed by atoms with van der Waals surface area (Å²) in [5, 5.41) is 23.7. The summed E-state index contributed by atoms with van der Waals surface area (Å²) >= 11 is 0. The molecule has 4 aromatic carbocycles. The maximum atomic E-state index is 13.8. The molecule has 7 aromatic rings. The van der Waals surface area contributed by atoms with Gasteiger partial charge in [0.1, 0.15) is 11.5 Å². The van der Waals surface area contributed by atoms with Crippen molar-refractivity contribution in [3.05, 3.63) is 160 Å². The minimum absolute atomic E-state index is 0.0389. The zero-order valence-electron chi connectivity index (χ0n) is 31.7. The zero-order chi connectivity index (χ0) is 39.2. The number of benzene rings is 4. The first kappa shape index (κ1) is 35.3. The molecule has 3 aromatic heterocycles. The Morgan fingerprint density at radius 3 is 1.40 bits per heavy atom. The first-order valence-corrected chi connectivity index (χ1v) is 18.8. The molecule has 278 valence electrons. The number of fused-ring (bicyclic) bond motifs is 8. The number of aromatic nitrogens is 4. The maximum absolute atomic E-state index is 13.8. The number of aryl methyl sites for hydroxylation is 3. The van der Waals surface area contributed by atoms with Gasteiger partial charge in [-0.1, -0.05) is 89.5 Å². The van der Waals surface area contributed by atoms with Crippen molar-refractivity contribution >= 4 is 58.0 Å². The highest BCUT2D eigenvalue weighted by Gasteiger charge is 2.20. The Morgan fingerprint density at radius 2 is 0.930 bits per heavy atom. The molecule has 1 amide bonds. The van der Waals surface area contributed by atoms with E-state index >= 15 is 0 Å². The summed E-state index contributed by atoms with van der Waals surface area (Å²) in [5.41, 5.74) is 16.1. The molecule has 0 saturated carbocycles. The number of H-pyrrole nitrogens is 2. The van der Waals surface area contributed by atoms with Gasteiger partial charge in [0.2, 0.25) is 5.91 Å². The predicted octanol–water partition coefficient (Wildman–Crippen LogP) is 11.2. The molecule has 57 heavy (non-hydrogen) atoms. The van der Waals surface area contributed by atoms with E-state index in [2.05, 4.69) is 133 Å². The van der Waals surface area contributed by atoms with Gasteiger partial charge in [-0.25, -0.2) is 9.97 Å². The molecule has 0 radical (unpaired) electrons. The van der Waals surface area contributed by atoms with Crippen LogP contribution in [0.5, 0.6) is 11.5 Å². The highest BCUT2D eigenvalue weighted by molar-refractivity contribution is 6.03. The molecule has 2 aliphatic rings. The topological polar surface area (TPSA) is 127 Å². The molecule has 8 bridgehead atoms. The van der Waals surface area contributed by atoms with Gasteiger partial charge in [0.25, 0.3) is 0 Å². The average Bonchev–Trinajstić information content (AvgIpc) is 4.05. The van der Waals surface area contributed by atoms with Crippen LogP contribution in [-0.4, -0.2) is 36.1 Å². The number of nitrogens with one attached hydrogen (secondary N) is 3. The number of hydrogen-bond donors (Lipinski definition) is 5. The van der Waals surface area contributed by atoms with Crippen LogP contribution >= 0.6 is 0 Å². The van der Waals surface area contributed by atoms with Crippen LogP contribution in [0.25, 0.3) is 79.8 Å². The lowest BCUT2D eigenvalue weighted by Crippen LogP contribution is -2.15. The van der Waals surface area contributed by atoms with Gasteiger partial charge in [0.15, 0.2) is 0 Å². The number of nitrogens with zero attached hydrogens (tertiary/aromatic N) is 2. The summed E-state index contributed by atoms with van der Waals surface area (Å²) in [7, 11) is 0. The molecule has 0 saturated heterocycles. The fourth-order valence-electron chi connectivity index (χ4n) is 7.48. The number of phenols is 2. The minimum Gasteiger partial charge on any atom is -0.508 e. The highest BCUT2D eigenvalue weighted by atomic mass is 16.3. The Bertz CT molecular complexity index is 2910. The van der Waals surface area contributed by atoms with Gasteiger partial charge in [-0.05, 0) is 104 Å². The minimum atomic E-state index is -0.387. The second-order valence-corrected chi connectivity index (χ2v) is 14.6. The molecule has 0 atom stereocenters. The molecule has 0 unspecified atom stereocenters. The fourth-order valence-corrected chi connectivity index (χ4v) is 7.48. The first-order valence-electron chi connectivity index (χ1n) is 18.8. The fraction of sp³-hybridized carbons (Fsp3) is 0.0816. The van der Waals surface area contributed by atoms with E-state index in [0.29, 0.717) is 22.5 Å². The number of aromatic hydroxyl groups is 2. The number of phenolic OH excluding ortho intramolecular Hbond substituents is 2. The standard InChI is InChI=1S/C49H39N5O3/c1-28-4-10-31(11-5-28)46-36-17-19-38(50-36)47(32-12-6-29(2)7-13-32)40-21-23-42(52-40)49(54-45(57)27-34-26-35(55)16-25-44(34)56)43-24-22-41(53-43)48(39-20-18-37(46)51-39)33-14-8-30(3)9-15-33/h4-26,50,53,55-56H,27H2,1-3H3,(H,54,57). The van der Waals surface area contributed by atoms with Gasteiger partial charge in [-0.2, -0.15) is 0 Å². The molecule has 8 heteroatoms.